The number of amides is 1. The largest absolute Gasteiger partial charge is 0.354 e. The van der Waals surface area contributed by atoms with Gasteiger partial charge in [-0.1, -0.05) is 24.3 Å². The Morgan fingerprint density at radius 3 is 2.92 bits per heavy atom. The van der Waals surface area contributed by atoms with Gasteiger partial charge in [0.2, 0.25) is 5.91 Å². The van der Waals surface area contributed by atoms with Crippen molar-refractivity contribution in [2.24, 2.45) is 0 Å². The Labute approximate surface area is 141 Å². The quantitative estimate of drug-likeness (QED) is 0.915. The van der Waals surface area contributed by atoms with Gasteiger partial charge < -0.3 is 5.32 Å². The summed E-state index contributed by atoms with van der Waals surface area (Å²) in [5.74, 6) is 0.356. The van der Waals surface area contributed by atoms with Crippen LogP contribution in [0.1, 0.15) is 41.3 Å². The van der Waals surface area contributed by atoms with Crippen LogP contribution in [0.15, 0.2) is 35.1 Å². The Morgan fingerprint density at radius 1 is 1.33 bits per heavy atom. The van der Waals surface area contributed by atoms with Crippen LogP contribution in [0.5, 0.6) is 0 Å². The maximum absolute atomic E-state index is 12.2. The van der Waals surface area contributed by atoms with Crippen LogP contribution in [0.3, 0.4) is 0 Å². The molecule has 1 aromatic carbocycles. The fourth-order valence-electron chi connectivity index (χ4n) is 3.51. The van der Waals surface area contributed by atoms with Crippen LogP contribution >= 0.6 is 0 Å². The van der Waals surface area contributed by atoms with Crippen molar-refractivity contribution in [1.29, 1.82) is 0 Å². The Kier molecular flexibility index (Phi) is 4.79. The van der Waals surface area contributed by atoms with Crippen LogP contribution < -0.4 is 11.0 Å². The molecule has 1 aliphatic carbocycles. The minimum absolute atomic E-state index is 0.0440. The summed E-state index contributed by atoms with van der Waals surface area (Å²) in [6, 6.07) is 10.2. The van der Waals surface area contributed by atoms with E-state index >= 15 is 0 Å². The highest BCUT2D eigenvalue weighted by molar-refractivity contribution is 5.77. The molecular weight excluding hydrogens is 302 g/mol. The summed E-state index contributed by atoms with van der Waals surface area (Å²) in [5.41, 5.74) is 4.00. The number of nitrogens with one attached hydrogen (secondary N) is 1. The van der Waals surface area contributed by atoms with Crippen molar-refractivity contribution < 1.29 is 4.79 Å². The van der Waals surface area contributed by atoms with E-state index in [1.807, 2.05) is 19.1 Å². The Bertz CT molecular complexity index is 810. The van der Waals surface area contributed by atoms with Gasteiger partial charge in [-0.05, 0) is 49.8 Å². The SMILES string of the molecule is Cc1cc(C)n(CCNC(=O)C[C@@H]2CCc3ccccc32)c(=O)n1. The average molecular weight is 325 g/mol. The van der Waals surface area contributed by atoms with Crippen molar-refractivity contribution in [3.63, 3.8) is 0 Å². The molecule has 0 bridgehead atoms. The first kappa shape index (κ1) is 16.4. The van der Waals surface area contributed by atoms with Crippen molar-refractivity contribution in [1.82, 2.24) is 14.9 Å². The molecule has 0 saturated carbocycles. The van der Waals surface area contributed by atoms with Crippen molar-refractivity contribution >= 4 is 5.91 Å². The number of carbonyl (C=O) groups excluding carboxylic acids is 1. The van der Waals surface area contributed by atoms with E-state index in [-0.39, 0.29) is 11.6 Å². The van der Waals surface area contributed by atoms with Crippen molar-refractivity contribution in [2.45, 2.75) is 45.6 Å². The van der Waals surface area contributed by atoms with E-state index in [1.54, 1.807) is 11.5 Å². The average Bonchev–Trinajstić information content (AvgIpc) is 2.93. The topological polar surface area (TPSA) is 64.0 Å². The van der Waals surface area contributed by atoms with Gasteiger partial charge >= 0.3 is 5.69 Å². The molecule has 0 radical (unpaired) electrons. The van der Waals surface area contributed by atoms with Crippen molar-refractivity contribution in [3.8, 4) is 0 Å². The number of rotatable bonds is 5. The van der Waals surface area contributed by atoms with E-state index in [0.29, 0.717) is 25.4 Å². The molecular formula is C19H23N3O2. The standard InChI is InChI=1S/C19H23N3O2/c1-13-11-14(2)22(19(24)21-13)10-9-20-18(23)12-16-8-7-15-5-3-4-6-17(15)16/h3-6,11,16H,7-10,12H2,1-2H3,(H,20,23)/t16-/m0/s1. The van der Waals surface area contributed by atoms with E-state index in [4.69, 9.17) is 0 Å². The normalized spacial score (nSPS) is 16.0. The van der Waals surface area contributed by atoms with Gasteiger partial charge in [0.15, 0.2) is 0 Å². The highest BCUT2D eigenvalue weighted by Crippen LogP contribution is 2.34. The van der Waals surface area contributed by atoms with Crippen LogP contribution in [0.2, 0.25) is 0 Å². The van der Waals surface area contributed by atoms with Crippen LogP contribution in [-0.4, -0.2) is 22.0 Å². The van der Waals surface area contributed by atoms with Crippen molar-refractivity contribution in [2.75, 3.05) is 6.54 Å². The van der Waals surface area contributed by atoms with Gasteiger partial charge in [-0.3, -0.25) is 9.36 Å². The predicted molar refractivity (Wildman–Crippen MR) is 93.1 cm³/mol. The van der Waals surface area contributed by atoms with E-state index in [0.717, 1.165) is 24.2 Å². The van der Waals surface area contributed by atoms with E-state index in [1.165, 1.54) is 11.1 Å². The van der Waals surface area contributed by atoms with Crippen LogP contribution in [0.4, 0.5) is 0 Å². The second-order valence-electron chi connectivity index (χ2n) is 6.46. The number of benzene rings is 1. The molecule has 3 rings (SSSR count). The van der Waals surface area contributed by atoms with Crippen LogP contribution in [-0.2, 0) is 17.8 Å². The molecule has 1 aromatic heterocycles. The molecule has 126 valence electrons. The summed E-state index contributed by atoms with van der Waals surface area (Å²) in [4.78, 5) is 28.0. The van der Waals surface area contributed by atoms with Gasteiger partial charge in [0.1, 0.15) is 0 Å². The molecule has 1 aliphatic rings. The van der Waals surface area contributed by atoms with Gasteiger partial charge in [0, 0.05) is 30.9 Å². The van der Waals surface area contributed by atoms with E-state index in [2.05, 4.69) is 28.5 Å². The van der Waals surface area contributed by atoms with E-state index in [9.17, 15) is 9.59 Å². The predicted octanol–water partition coefficient (Wildman–Crippen LogP) is 2.10. The summed E-state index contributed by atoms with van der Waals surface area (Å²) < 4.78 is 1.60. The summed E-state index contributed by atoms with van der Waals surface area (Å²) in [6.45, 7) is 4.58. The zero-order valence-electron chi connectivity index (χ0n) is 14.2. The first-order chi connectivity index (χ1) is 11.5. The van der Waals surface area contributed by atoms with Crippen molar-refractivity contribution in [3.05, 3.63) is 63.3 Å². The molecule has 0 spiro atoms. The second kappa shape index (κ2) is 6.99. The van der Waals surface area contributed by atoms with Gasteiger partial charge in [-0.2, -0.15) is 4.98 Å². The molecule has 1 amide bonds. The molecule has 24 heavy (non-hydrogen) atoms. The Balaban J connectivity index is 1.53. The smallest absolute Gasteiger partial charge is 0.348 e. The molecule has 5 nitrogen and oxygen atoms in total. The monoisotopic (exact) mass is 325 g/mol. The molecule has 0 saturated heterocycles. The van der Waals surface area contributed by atoms with E-state index < -0.39 is 0 Å². The molecule has 5 heteroatoms. The molecule has 1 heterocycles. The lowest BCUT2D eigenvalue weighted by atomic mass is 9.97. The van der Waals surface area contributed by atoms with Gasteiger partial charge in [-0.25, -0.2) is 4.79 Å². The lowest BCUT2D eigenvalue weighted by Gasteiger charge is -2.13. The maximum Gasteiger partial charge on any atom is 0.348 e. The first-order valence-corrected chi connectivity index (χ1v) is 8.44. The third-order valence-electron chi connectivity index (χ3n) is 4.69. The van der Waals surface area contributed by atoms with Gasteiger partial charge in [0.25, 0.3) is 0 Å². The molecule has 0 fully saturated rings. The fourth-order valence-corrected chi connectivity index (χ4v) is 3.51. The summed E-state index contributed by atoms with van der Waals surface area (Å²) in [5, 5.41) is 2.93. The highest BCUT2D eigenvalue weighted by atomic mass is 16.2. The summed E-state index contributed by atoms with van der Waals surface area (Å²) >= 11 is 0. The molecule has 2 aromatic rings. The summed E-state index contributed by atoms with van der Waals surface area (Å²) in [7, 11) is 0. The lowest BCUT2D eigenvalue weighted by Crippen LogP contribution is -2.33. The second-order valence-corrected chi connectivity index (χ2v) is 6.46. The minimum Gasteiger partial charge on any atom is -0.354 e. The lowest BCUT2D eigenvalue weighted by molar-refractivity contribution is -0.121. The number of nitrogens with zero attached hydrogens (tertiary/aromatic N) is 2. The molecule has 1 atom stereocenters. The minimum atomic E-state index is -0.258. The molecule has 0 unspecified atom stereocenters. The fraction of sp³-hybridized carbons (Fsp3) is 0.421. The number of hydrogen-bond donors (Lipinski definition) is 1. The zero-order chi connectivity index (χ0) is 17.1. The number of aryl methyl sites for hydroxylation is 3. The first-order valence-electron chi connectivity index (χ1n) is 8.44. The van der Waals surface area contributed by atoms with Crippen LogP contribution in [0.25, 0.3) is 0 Å². The number of carbonyl (C=O) groups is 1. The highest BCUT2D eigenvalue weighted by Gasteiger charge is 2.23. The van der Waals surface area contributed by atoms with Gasteiger partial charge in [0.05, 0.1) is 0 Å². The Morgan fingerprint density at radius 2 is 2.12 bits per heavy atom. The number of aromatic nitrogens is 2. The maximum atomic E-state index is 12.2. The van der Waals surface area contributed by atoms with Crippen LogP contribution in [0, 0.1) is 13.8 Å². The number of fused-ring (bicyclic) bond motifs is 1. The Hall–Kier alpha value is -2.43. The van der Waals surface area contributed by atoms with Gasteiger partial charge in [-0.15, -0.1) is 0 Å². The number of hydrogen-bond acceptors (Lipinski definition) is 3. The zero-order valence-corrected chi connectivity index (χ0v) is 14.2. The molecule has 0 aliphatic heterocycles. The third kappa shape index (κ3) is 3.55. The summed E-state index contributed by atoms with van der Waals surface area (Å²) in [6.07, 6.45) is 2.60. The third-order valence-corrected chi connectivity index (χ3v) is 4.69. The molecule has 1 N–H and O–H groups in total.